The van der Waals surface area contributed by atoms with Crippen LogP contribution in [0, 0.1) is 13.8 Å². The molecule has 3 heteroatoms. The standard InChI is InChI=1S/C15H18N2O/c1-11-6-8-13(9-7-11)14(16)10-17-12(2)4-3-5-15(17)18/h3-9,14H,10,16H2,1-2H3. The van der Waals surface area contributed by atoms with Crippen LogP contribution in [0.5, 0.6) is 0 Å². The van der Waals surface area contributed by atoms with Gasteiger partial charge in [-0.25, -0.2) is 0 Å². The first-order valence-electron chi connectivity index (χ1n) is 6.06. The highest BCUT2D eigenvalue weighted by molar-refractivity contribution is 5.24. The lowest BCUT2D eigenvalue weighted by Crippen LogP contribution is -2.27. The van der Waals surface area contributed by atoms with E-state index in [2.05, 4.69) is 0 Å². The quantitative estimate of drug-likeness (QED) is 0.896. The summed E-state index contributed by atoms with van der Waals surface area (Å²) >= 11 is 0. The molecule has 0 radical (unpaired) electrons. The molecule has 0 spiro atoms. The Bertz CT molecular complexity index is 584. The van der Waals surface area contributed by atoms with Gasteiger partial charge in [0.1, 0.15) is 0 Å². The van der Waals surface area contributed by atoms with Crippen molar-refractivity contribution in [2.45, 2.75) is 26.4 Å². The fourth-order valence-corrected chi connectivity index (χ4v) is 1.97. The Hall–Kier alpha value is -1.87. The predicted molar refractivity (Wildman–Crippen MR) is 73.5 cm³/mol. The van der Waals surface area contributed by atoms with Crippen LogP contribution in [-0.2, 0) is 6.54 Å². The number of benzene rings is 1. The van der Waals surface area contributed by atoms with Gasteiger partial charge in [0.2, 0.25) is 0 Å². The molecule has 0 aliphatic heterocycles. The molecule has 94 valence electrons. The SMILES string of the molecule is Cc1ccc(C(N)Cn2c(C)cccc2=O)cc1. The molecule has 0 aliphatic carbocycles. The minimum absolute atomic E-state index is 0.00226. The molecule has 0 amide bonds. The molecule has 0 saturated carbocycles. The fourth-order valence-electron chi connectivity index (χ4n) is 1.97. The number of aryl methyl sites for hydroxylation is 2. The third-order valence-corrected chi connectivity index (χ3v) is 3.15. The van der Waals surface area contributed by atoms with Crippen LogP contribution >= 0.6 is 0 Å². The summed E-state index contributed by atoms with van der Waals surface area (Å²) in [4.78, 5) is 11.8. The summed E-state index contributed by atoms with van der Waals surface area (Å²) in [5, 5.41) is 0. The Morgan fingerprint density at radius 3 is 2.39 bits per heavy atom. The summed E-state index contributed by atoms with van der Waals surface area (Å²) in [6.07, 6.45) is 0. The van der Waals surface area contributed by atoms with Gasteiger partial charge in [-0.3, -0.25) is 4.79 Å². The molecule has 1 atom stereocenters. The van der Waals surface area contributed by atoms with Gasteiger partial charge in [0, 0.05) is 24.3 Å². The highest BCUT2D eigenvalue weighted by atomic mass is 16.1. The molecule has 1 aromatic carbocycles. The van der Waals surface area contributed by atoms with E-state index in [0.717, 1.165) is 11.3 Å². The van der Waals surface area contributed by atoms with Crippen LogP contribution in [0.3, 0.4) is 0 Å². The van der Waals surface area contributed by atoms with E-state index in [9.17, 15) is 4.79 Å². The molecule has 1 unspecified atom stereocenters. The minimum atomic E-state index is -0.163. The van der Waals surface area contributed by atoms with E-state index in [0.29, 0.717) is 6.54 Å². The molecular formula is C15H18N2O. The monoisotopic (exact) mass is 242 g/mol. The maximum Gasteiger partial charge on any atom is 0.250 e. The van der Waals surface area contributed by atoms with Crippen molar-refractivity contribution in [1.29, 1.82) is 0 Å². The number of hydrogen-bond acceptors (Lipinski definition) is 2. The fraction of sp³-hybridized carbons (Fsp3) is 0.267. The number of nitrogens with two attached hydrogens (primary N) is 1. The first kappa shape index (κ1) is 12.6. The van der Waals surface area contributed by atoms with Crippen molar-refractivity contribution in [1.82, 2.24) is 4.57 Å². The van der Waals surface area contributed by atoms with Crippen LogP contribution in [0.25, 0.3) is 0 Å². The van der Waals surface area contributed by atoms with E-state index in [4.69, 9.17) is 5.73 Å². The molecule has 1 heterocycles. The molecule has 18 heavy (non-hydrogen) atoms. The van der Waals surface area contributed by atoms with E-state index in [-0.39, 0.29) is 11.6 Å². The molecule has 2 rings (SSSR count). The second-order valence-corrected chi connectivity index (χ2v) is 4.63. The average molecular weight is 242 g/mol. The van der Waals surface area contributed by atoms with Gasteiger partial charge in [0.15, 0.2) is 0 Å². The van der Waals surface area contributed by atoms with E-state index in [1.54, 1.807) is 16.7 Å². The maximum atomic E-state index is 11.8. The summed E-state index contributed by atoms with van der Waals surface area (Å²) in [7, 11) is 0. The van der Waals surface area contributed by atoms with Gasteiger partial charge >= 0.3 is 0 Å². The van der Waals surface area contributed by atoms with Crippen LogP contribution in [0.2, 0.25) is 0 Å². The van der Waals surface area contributed by atoms with Gasteiger partial charge in [-0.05, 0) is 25.5 Å². The number of hydrogen-bond donors (Lipinski definition) is 1. The Labute approximate surface area is 107 Å². The minimum Gasteiger partial charge on any atom is -0.322 e. The molecular weight excluding hydrogens is 224 g/mol. The van der Waals surface area contributed by atoms with Crippen molar-refractivity contribution < 1.29 is 0 Å². The van der Waals surface area contributed by atoms with Crippen LogP contribution in [0.4, 0.5) is 0 Å². The number of rotatable bonds is 3. The summed E-state index contributed by atoms with van der Waals surface area (Å²) in [5.74, 6) is 0. The summed E-state index contributed by atoms with van der Waals surface area (Å²) < 4.78 is 1.71. The van der Waals surface area contributed by atoms with Gasteiger partial charge in [0.05, 0.1) is 0 Å². The number of aromatic nitrogens is 1. The number of pyridine rings is 1. The van der Waals surface area contributed by atoms with E-state index >= 15 is 0 Å². The summed E-state index contributed by atoms with van der Waals surface area (Å²) in [6, 6.07) is 13.2. The van der Waals surface area contributed by atoms with E-state index < -0.39 is 0 Å². The predicted octanol–water partition coefficient (Wildman–Crippen LogP) is 2.17. The van der Waals surface area contributed by atoms with Crippen LogP contribution < -0.4 is 11.3 Å². The Kier molecular flexibility index (Phi) is 3.63. The first-order valence-corrected chi connectivity index (χ1v) is 6.06. The normalized spacial score (nSPS) is 12.4. The molecule has 3 nitrogen and oxygen atoms in total. The molecule has 0 fully saturated rings. The van der Waals surface area contributed by atoms with Crippen molar-refractivity contribution in [2.75, 3.05) is 0 Å². The molecule has 2 aromatic rings. The van der Waals surface area contributed by atoms with Crippen molar-refractivity contribution in [3.05, 3.63) is 69.6 Å². The van der Waals surface area contributed by atoms with Crippen LogP contribution in [-0.4, -0.2) is 4.57 Å². The summed E-state index contributed by atoms with van der Waals surface area (Å²) in [5.41, 5.74) is 9.35. The largest absolute Gasteiger partial charge is 0.322 e. The first-order chi connectivity index (χ1) is 8.58. The topological polar surface area (TPSA) is 48.0 Å². The highest BCUT2D eigenvalue weighted by Gasteiger charge is 2.08. The van der Waals surface area contributed by atoms with Gasteiger partial charge in [-0.1, -0.05) is 35.9 Å². The van der Waals surface area contributed by atoms with Crippen molar-refractivity contribution in [3.8, 4) is 0 Å². The van der Waals surface area contributed by atoms with E-state index in [1.807, 2.05) is 44.2 Å². The van der Waals surface area contributed by atoms with Crippen LogP contribution in [0.15, 0.2) is 47.3 Å². The van der Waals surface area contributed by atoms with Crippen molar-refractivity contribution in [3.63, 3.8) is 0 Å². The second kappa shape index (κ2) is 5.19. The Morgan fingerprint density at radius 2 is 1.78 bits per heavy atom. The molecule has 0 aliphatic rings. The lowest BCUT2D eigenvalue weighted by Gasteiger charge is -2.16. The smallest absolute Gasteiger partial charge is 0.250 e. The third kappa shape index (κ3) is 2.68. The zero-order valence-electron chi connectivity index (χ0n) is 10.8. The Balaban J connectivity index is 2.24. The van der Waals surface area contributed by atoms with E-state index in [1.165, 1.54) is 5.56 Å². The van der Waals surface area contributed by atoms with Crippen molar-refractivity contribution in [2.24, 2.45) is 5.73 Å². The van der Waals surface area contributed by atoms with Crippen LogP contribution in [0.1, 0.15) is 22.9 Å². The lowest BCUT2D eigenvalue weighted by molar-refractivity contribution is 0.550. The number of nitrogens with zero attached hydrogens (tertiary/aromatic N) is 1. The zero-order valence-corrected chi connectivity index (χ0v) is 10.8. The summed E-state index contributed by atoms with van der Waals surface area (Å²) in [6.45, 7) is 4.47. The Morgan fingerprint density at radius 1 is 1.11 bits per heavy atom. The van der Waals surface area contributed by atoms with Crippen molar-refractivity contribution >= 4 is 0 Å². The average Bonchev–Trinajstić information content (AvgIpc) is 2.34. The second-order valence-electron chi connectivity index (χ2n) is 4.63. The van der Waals surface area contributed by atoms with Gasteiger partial charge in [-0.15, -0.1) is 0 Å². The molecule has 2 N–H and O–H groups in total. The molecule has 1 aromatic heterocycles. The lowest BCUT2D eigenvalue weighted by atomic mass is 10.1. The maximum absolute atomic E-state index is 11.8. The zero-order chi connectivity index (χ0) is 13.1. The highest BCUT2D eigenvalue weighted by Crippen LogP contribution is 2.13. The van der Waals surface area contributed by atoms with Gasteiger partial charge in [-0.2, -0.15) is 0 Å². The molecule has 0 bridgehead atoms. The van der Waals surface area contributed by atoms with Gasteiger partial charge in [0.25, 0.3) is 5.56 Å². The van der Waals surface area contributed by atoms with Gasteiger partial charge < -0.3 is 10.3 Å². The molecule has 0 saturated heterocycles. The third-order valence-electron chi connectivity index (χ3n) is 3.15.